The summed E-state index contributed by atoms with van der Waals surface area (Å²) in [6.07, 6.45) is 4.37. The zero-order valence-corrected chi connectivity index (χ0v) is 7.58. The summed E-state index contributed by atoms with van der Waals surface area (Å²) in [6.45, 7) is 0. The Morgan fingerprint density at radius 3 is 3.00 bits per heavy atom. The Morgan fingerprint density at radius 1 is 1.62 bits per heavy atom. The van der Waals surface area contributed by atoms with Crippen molar-refractivity contribution >= 4 is 29.7 Å². The molecule has 4 heteroatoms. The lowest BCUT2D eigenvalue weighted by Crippen LogP contribution is -1.93. The molecule has 0 aliphatic carbocycles. The predicted octanol–water partition coefficient (Wildman–Crippen LogP) is 2.05. The summed E-state index contributed by atoms with van der Waals surface area (Å²) in [5.74, 6) is -0.930. The standard InChI is InChI=1S/C9H8O3S/c10-5-2-1-3-7-4-6-13-8(7)9(11)12/h1,3-6H,2H2,(H,11,12). The molecule has 3 nitrogen and oxygen atoms in total. The molecule has 1 aromatic heterocycles. The molecule has 0 aromatic carbocycles. The van der Waals surface area contributed by atoms with Crippen LogP contribution in [0.25, 0.3) is 6.08 Å². The van der Waals surface area contributed by atoms with Crippen molar-refractivity contribution in [3.8, 4) is 0 Å². The van der Waals surface area contributed by atoms with Gasteiger partial charge in [-0.3, -0.25) is 0 Å². The second-order valence-corrected chi connectivity index (χ2v) is 3.23. The van der Waals surface area contributed by atoms with Gasteiger partial charge in [-0.15, -0.1) is 11.3 Å². The van der Waals surface area contributed by atoms with Gasteiger partial charge in [0.05, 0.1) is 0 Å². The van der Waals surface area contributed by atoms with Gasteiger partial charge in [-0.05, 0) is 17.0 Å². The van der Waals surface area contributed by atoms with E-state index in [1.807, 2.05) is 0 Å². The van der Waals surface area contributed by atoms with Crippen LogP contribution in [0.5, 0.6) is 0 Å². The number of hydrogen-bond donors (Lipinski definition) is 1. The van der Waals surface area contributed by atoms with Crippen molar-refractivity contribution in [1.29, 1.82) is 0 Å². The summed E-state index contributed by atoms with van der Waals surface area (Å²) in [6, 6.07) is 1.72. The van der Waals surface area contributed by atoms with Crippen LogP contribution in [0.4, 0.5) is 0 Å². The van der Waals surface area contributed by atoms with Crippen molar-refractivity contribution in [2.45, 2.75) is 6.42 Å². The topological polar surface area (TPSA) is 54.4 Å². The number of allylic oxidation sites excluding steroid dienone is 1. The van der Waals surface area contributed by atoms with Gasteiger partial charge in [0.2, 0.25) is 0 Å². The number of carboxylic acid groups (broad SMARTS) is 1. The van der Waals surface area contributed by atoms with E-state index in [9.17, 15) is 9.59 Å². The molecule has 1 rings (SSSR count). The second kappa shape index (κ2) is 4.57. The zero-order chi connectivity index (χ0) is 9.68. The Hall–Kier alpha value is -1.42. The average Bonchev–Trinajstić information content (AvgIpc) is 2.53. The monoisotopic (exact) mass is 196 g/mol. The minimum absolute atomic E-state index is 0.308. The van der Waals surface area contributed by atoms with Crippen LogP contribution in [-0.2, 0) is 4.79 Å². The van der Waals surface area contributed by atoms with Crippen LogP contribution in [0.3, 0.4) is 0 Å². The minimum Gasteiger partial charge on any atom is -0.477 e. The summed E-state index contributed by atoms with van der Waals surface area (Å²) >= 11 is 1.18. The molecule has 0 saturated carbocycles. The van der Waals surface area contributed by atoms with Crippen molar-refractivity contribution in [2.75, 3.05) is 0 Å². The maximum absolute atomic E-state index is 10.6. The van der Waals surface area contributed by atoms with E-state index in [4.69, 9.17) is 5.11 Å². The van der Waals surface area contributed by atoms with Crippen LogP contribution in [0.2, 0.25) is 0 Å². The number of aldehydes is 1. The number of carboxylic acids is 1. The van der Waals surface area contributed by atoms with E-state index >= 15 is 0 Å². The molecule has 1 N–H and O–H groups in total. The maximum atomic E-state index is 10.6. The summed E-state index contributed by atoms with van der Waals surface area (Å²) in [4.78, 5) is 20.9. The number of carbonyl (C=O) groups excluding carboxylic acids is 1. The molecule has 0 saturated heterocycles. The summed E-state index contributed by atoms with van der Waals surface area (Å²) in [7, 11) is 0. The van der Waals surface area contributed by atoms with E-state index < -0.39 is 5.97 Å². The quantitative estimate of drug-likeness (QED) is 0.750. The van der Waals surface area contributed by atoms with Gasteiger partial charge in [0.15, 0.2) is 0 Å². The smallest absolute Gasteiger partial charge is 0.346 e. The van der Waals surface area contributed by atoms with E-state index in [0.717, 1.165) is 6.29 Å². The lowest BCUT2D eigenvalue weighted by molar-refractivity contribution is -0.107. The Balaban J connectivity index is 2.82. The number of rotatable bonds is 4. The fourth-order valence-electron chi connectivity index (χ4n) is 0.875. The van der Waals surface area contributed by atoms with Crippen molar-refractivity contribution in [3.05, 3.63) is 28.0 Å². The average molecular weight is 196 g/mol. The maximum Gasteiger partial charge on any atom is 0.346 e. The Kier molecular flexibility index (Phi) is 3.40. The molecule has 0 aliphatic heterocycles. The highest BCUT2D eigenvalue weighted by molar-refractivity contribution is 7.12. The van der Waals surface area contributed by atoms with Crippen molar-refractivity contribution in [2.24, 2.45) is 0 Å². The molecule has 1 aromatic rings. The third-order valence-electron chi connectivity index (χ3n) is 1.42. The minimum atomic E-state index is -0.930. The first-order valence-corrected chi connectivity index (χ1v) is 4.54. The first-order valence-electron chi connectivity index (χ1n) is 3.66. The van der Waals surface area contributed by atoms with E-state index in [2.05, 4.69) is 0 Å². The van der Waals surface area contributed by atoms with Gasteiger partial charge in [-0.1, -0.05) is 12.2 Å². The van der Waals surface area contributed by atoms with Crippen molar-refractivity contribution in [3.63, 3.8) is 0 Å². The van der Waals surface area contributed by atoms with Crippen LogP contribution in [0.1, 0.15) is 21.7 Å². The third kappa shape index (κ3) is 2.52. The molecule has 0 amide bonds. The molecule has 13 heavy (non-hydrogen) atoms. The normalized spacial score (nSPS) is 10.5. The van der Waals surface area contributed by atoms with E-state index in [1.54, 1.807) is 23.6 Å². The van der Waals surface area contributed by atoms with Crippen LogP contribution in [0, 0.1) is 0 Å². The molecular formula is C9H8O3S. The highest BCUT2D eigenvalue weighted by atomic mass is 32.1. The van der Waals surface area contributed by atoms with Crippen molar-refractivity contribution in [1.82, 2.24) is 0 Å². The van der Waals surface area contributed by atoms with Crippen LogP contribution >= 0.6 is 11.3 Å². The molecular weight excluding hydrogens is 188 g/mol. The Labute approximate surface area is 79.3 Å². The van der Waals surface area contributed by atoms with E-state index in [0.29, 0.717) is 16.9 Å². The molecule has 0 atom stereocenters. The molecule has 0 unspecified atom stereocenters. The van der Waals surface area contributed by atoms with Crippen molar-refractivity contribution < 1.29 is 14.7 Å². The van der Waals surface area contributed by atoms with Gasteiger partial charge in [-0.25, -0.2) is 4.79 Å². The Bertz CT molecular complexity index is 338. The van der Waals surface area contributed by atoms with Crippen LogP contribution in [0.15, 0.2) is 17.5 Å². The zero-order valence-electron chi connectivity index (χ0n) is 6.77. The Morgan fingerprint density at radius 2 is 2.38 bits per heavy atom. The largest absolute Gasteiger partial charge is 0.477 e. The second-order valence-electron chi connectivity index (χ2n) is 2.31. The fourth-order valence-corrected chi connectivity index (χ4v) is 1.60. The number of carbonyl (C=O) groups is 2. The molecule has 0 spiro atoms. The first kappa shape index (κ1) is 9.67. The summed E-state index contributed by atoms with van der Waals surface area (Å²) in [5, 5.41) is 10.4. The van der Waals surface area contributed by atoms with Gasteiger partial charge in [0.1, 0.15) is 11.2 Å². The van der Waals surface area contributed by atoms with Gasteiger partial charge < -0.3 is 9.90 Å². The third-order valence-corrected chi connectivity index (χ3v) is 2.34. The number of aromatic carboxylic acids is 1. The predicted molar refractivity (Wildman–Crippen MR) is 51.0 cm³/mol. The molecule has 0 bridgehead atoms. The fraction of sp³-hybridized carbons (Fsp3) is 0.111. The SMILES string of the molecule is O=CCC=Cc1ccsc1C(=O)O. The van der Waals surface area contributed by atoms with Gasteiger partial charge in [-0.2, -0.15) is 0 Å². The number of hydrogen-bond acceptors (Lipinski definition) is 3. The molecule has 0 aliphatic rings. The summed E-state index contributed by atoms with van der Waals surface area (Å²) in [5.41, 5.74) is 0.652. The van der Waals surface area contributed by atoms with Crippen LogP contribution in [-0.4, -0.2) is 17.4 Å². The molecule has 0 fully saturated rings. The lowest BCUT2D eigenvalue weighted by atomic mass is 10.2. The molecule has 68 valence electrons. The lowest BCUT2D eigenvalue weighted by Gasteiger charge is -1.89. The van der Waals surface area contributed by atoms with Crippen LogP contribution < -0.4 is 0 Å². The van der Waals surface area contributed by atoms with Gasteiger partial charge in [0.25, 0.3) is 0 Å². The van der Waals surface area contributed by atoms with Gasteiger partial charge in [0, 0.05) is 6.42 Å². The van der Waals surface area contributed by atoms with Gasteiger partial charge >= 0.3 is 5.97 Å². The van der Waals surface area contributed by atoms with E-state index in [-0.39, 0.29) is 0 Å². The highest BCUT2D eigenvalue weighted by Crippen LogP contribution is 2.18. The van der Waals surface area contributed by atoms with E-state index in [1.165, 1.54) is 11.3 Å². The number of thiophene rings is 1. The summed E-state index contributed by atoms with van der Waals surface area (Å²) < 4.78 is 0. The highest BCUT2D eigenvalue weighted by Gasteiger charge is 2.08. The molecule has 0 radical (unpaired) electrons. The first-order chi connectivity index (χ1) is 6.25. The molecule has 1 heterocycles.